The predicted octanol–water partition coefficient (Wildman–Crippen LogP) is 8.61. The summed E-state index contributed by atoms with van der Waals surface area (Å²) < 4.78 is 0. The van der Waals surface area contributed by atoms with E-state index in [4.69, 9.17) is 0 Å². The van der Waals surface area contributed by atoms with Crippen LogP contribution in [0.1, 0.15) is 92.9 Å². The Kier molecular flexibility index (Phi) is 35.3. The van der Waals surface area contributed by atoms with Crippen LogP contribution in [-0.4, -0.2) is 6.88 Å². The average molecular weight is 551 g/mol. The zero-order chi connectivity index (χ0) is 19.9. The van der Waals surface area contributed by atoms with Gasteiger partial charge in [0, 0.05) is 0 Å². The maximum absolute atomic E-state index is 3.45. The molecule has 2 aliphatic carbocycles. The van der Waals surface area contributed by atoms with Gasteiger partial charge in [-0.25, -0.2) is 23.3 Å². The Labute approximate surface area is 219 Å². The van der Waals surface area contributed by atoms with Crippen molar-refractivity contribution in [2.24, 2.45) is 11.8 Å². The fourth-order valence-corrected chi connectivity index (χ4v) is 2.88. The van der Waals surface area contributed by atoms with E-state index < -0.39 is 0 Å². The SMILES string of the molecule is CCCCC1=[C-]CC(C(C)C)=C1.CCCCC1=[C-]CC(C(C)C)=C1.Cl.Cl.[CH3-].[CH3-].[SiH2]=[Zr]. The summed E-state index contributed by atoms with van der Waals surface area (Å²) in [4.78, 5) is 0. The molecule has 0 unspecified atom stereocenters. The minimum atomic E-state index is 0. The summed E-state index contributed by atoms with van der Waals surface area (Å²) in [6.45, 7) is 15.5. The fraction of sp³-hybridized carbons (Fsp3) is 0.615. The van der Waals surface area contributed by atoms with Gasteiger partial charge in [0.25, 0.3) is 0 Å². The Morgan fingerprint density at radius 3 is 1.27 bits per heavy atom. The number of hydrogen-bond donors (Lipinski definition) is 0. The average Bonchev–Trinajstić information content (AvgIpc) is 3.30. The van der Waals surface area contributed by atoms with E-state index in [1.165, 1.54) is 49.7 Å². The predicted molar refractivity (Wildman–Crippen MR) is 144 cm³/mol. The third kappa shape index (κ3) is 18.2. The molecule has 0 aromatic rings. The molecule has 0 nitrogen and oxygen atoms in total. The molecule has 0 saturated heterocycles. The van der Waals surface area contributed by atoms with E-state index in [0.29, 0.717) is 11.8 Å². The molecule has 0 saturated carbocycles. The first-order valence-corrected chi connectivity index (χ1v) is 16.4. The molecule has 0 aliphatic heterocycles. The first-order chi connectivity index (χ1) is 12.5. The van der Waals surface area contributed by atoms with E-state index in [1.807, 2.05) is 6.88 Å². The van der Waals surface area contributed by atoms with Crippen LogP contribution in [0.4, 0.5) is 0 Å². The molecule has 4 heteroatoms. The van der Waals surface area contributed by atoms with Crippen LogP contribution in [0.5, 0.6) is 0 Å². The summed E-state index contributed by atoms with van der Waals surface area (Å²) in [5, 5.41) is 0. The molecule has 0 bridgehead atoms. The molecular weight excluding hydrogens is 503 g/mol. The fourth-order valence-electron chi connectivity index (χ4n) is 2.88. The van der Waals surface area contributed by atoms with Crippen LogP contribution in [-0.2, 0) is 23.3 Å². The molecule has 178 valence electrons. The van der Waals surface area contributed by atoms with Crippen LogP contribution >= 0.6 is 24.8 Å². The number of rotatable bonds is 8. The third-order valence-corrected chi connectivity index (χ3v) is 4.84. The number of hydrogen-bond acceptors (Lipinski definition) is 0. The standard InChI is InChI=1S/2C12H19.2CH3.2ClH.H2Si.Zr/c2*1-4-5-6-11-7-8-12(9-11)10(2)3;;;;;;/h2*9-10H,4-6,8H2,1-3H3;2*1H3;2*1H;1H2;/q4*-1;;;;. The number of unbranched alkanes of at least 4 members (excludes halogenated alkanes) is 2. The van der Waals surface area contributed by atoms with Crippen molar-refractivity contribution in [3.63, 3.8) is 0 Å². The maximum atomic E-state index is 3.45. The van der Waals surface area contributed by atoms with Crippen LogP contribution in [0.15, 0.2) is 34.4 Å². The van der Waals surface area contributed by atoms with Crippen molar-refractivity contribution in [3.05, 3.63) is 61.4 Å². The van der Waals surface area contributed by atoms with Gasteiger partial charge in [-0.3, -0.25) is 12.2 Å². The molecule has 0 spiro atoms. The first kappa shape index (κ1) is 40.9. The Morgan fingerprint density at radius 2 is 1.07 bits per heavy atom. The quantitative estimate of drug-likeness (QED) is 0.210. The van der Waals surface area contributed by atoms with Crippen molar-refractivity contribution in [2.75, 3.05) is 0 Å². The van der Waals surface area contributed by atoms with Crippen molar-refractivity contribution in [1.29, 1.82) is 0 Å². The zero-order valence-electron chi connectivity index (χ0n) is 21.0. The second kappa shape index (κ2) is 25.9. The summed E-state index contributed by atoms with van der Waals surface area (Å²) in [7, 11) is 0. The van der Waals surface area contributed by atoms with Gasteiger partial charge in [0.15, 0.2) is 0 Å². The molecule has 0 radical (unpaired) electrons. The molecule has 0 N–H and O–H groups in total. The van der Waals surface area contributed by atoms with Crippen molar-refractivity contribution >= 4 is 31.7 Å². The molecule has 0 aromatic carbocycles. The van der Waals surface area contributed by atoms with Gasteiger partial charge in [0.2, 0.25) is 0 Å². The van der Waals surface area contributed by atoms with Crippen LogP contribution in [0.25, 0.3) is 0 Å². The van der Waals surface area contributed by atoms with Crippen molar-refractivity contribution in [1.82, 2.24) is 0 Å². The zero-order valence-corrected chi connectivity index (χ0v) is 26.5. The first-order valence-electron chi connectivity index (χ1n) is 10.4. The summed E-state index contributed by atoms with van der Waals surface area (Å²) >= 11 is 1.58. The molecule has 0 aromatic heterocycles. The van der Waals surface area contributed by atoms with Crippen LogP contribution < -0.4 is 0 Å². The van der Waals surface area contributed by atoms with Gasteiger partial charge >= 0.3 is 30.2 Å². The van der Waals surface area contributed by atoms with Crippen molar-refractivity contribution in [3.8, 4) is 0 Å². The molecule has 0 fully saturated rings. The molecule has 2 aliphatic rings. The Morgan fingerprint density at radius 1 is 0.767 bits per heavy atom. The molecule has 0 atom stereocenters. The van der Waals surface area contributed by atoms with Crippen LogP contribution in [0, 0.1) is 38.8 Å². The summed E-state index contributed by atoms with van der Waals surface area (Å²) in [6, 6.07) is 0. The summed E-state index contributed by atoms with van der Waals surface area (Å²) in [5.41, 5.74) is 6.00. The Hall–Kier alpha value is 0.640. The van der Waals surface area contributed by atoms with E-state index >= 15 is 0 Å². The Balaban J connectivity index is -0.000000114. The summed E-state index contributed by atoms with van der Waals surface area (Å²) in [5.74, 6) is 1.41. The molecule has 30 heavy (non-hydrogen) atoms. The second-order valence-electron chi connectivity index (χ2n) is 7.71. The summed E-state index contributed by atoms with van der Waals surface area (Å²) in [6.07, 6.45) is 21.4. The minimum absolute atomic E-state index is 0. The van der Waals surface area contributed by atoms with Gasteiger partial charge in [-0.1, -0.05) is 80.1 Å². The topological polar surface area (TPSA) is 0 Å². The molecule has 2 rings (SSSR count). The van der Waals surface area contributed by atoms with E-state index in [9.17, 15) is 0 Å². The van der Waals surface area contributed by atoms with Crippen molar-refractivity contribution < 1.29 is 23.3 Å². The van der Waals surface area contributed by atoms with E-state index in [1.54, 1.807) is 34.5 Å². The van der Waals surface area contributed by atoms with Gasteiger partial charge in [0.1, 0.15) is 0 Å². The van der Waals surface area contributed by atoms with Gasteiger partial charge in [-0.15, -0.1) is 37.7 Å². The third-order valence-electron chi connectivity index (χ3n) is 4.84. The Bertz CT molecular complexity index is 471. The van der Waals surface area contributed by atoms with Crippen LogP contribution in [0.3, 0.4) is 0 Å². The molecular formula is C26H48Cl2SiZr-4. The molecule has 0 amide bonds. The van der Waals surface area contributed by atoms with Crippen LogP contribution in [0.2, 0.25) is 0 Å². The second-order valence-corrected chi connectivity index (χ2v) is 7.71. The van der Waals surface area contributed by atoms with E-state index in [2.05, 4.69) is 65.8 Å². The van der Waals surface area contributed by atoms with E-state index in [-0.39, 0.29) is 39.7 Å². The van der Waals surface area contributed by atoms with Gasteiger partial charge in [0.05, 0.1) is 0 Å². The van der Waals surface area contributed by atoms with Crippen molar-refractivity contribution in [2.45, 2.75) is 92.9 Å². The molecule has 0 heterocycles. The number of allylic oxidation sites excluding steroid dienone is 8. The number of halogens is 2. The normalized spacial score (nSPS) is 13.4. The van der Waals surface area contributed by atoms with Gasteiger partial charge in [-0.2, -0.15) is 11.1 Å². The van der Waals surface area contributed by atoms with Gasteiger partial charge < -0.3 is 14.9 Å². The monoisotopic (exact) mass is 548 g/mol. The van der Waals surface area contributed by atoms with E-state index in [0.717, 1.165) is 12.8 Å². The van der Waals surface area contributed by atoms with Gasteiger partial charge in [-0.05, 0) is 11.8 Å².